The van der Waals surface area contributed by atoms with Crippen molar-refractivity contribution in [3.63, 3.8) is 0 Å². The van der Waals surface area contributed by atoms with Crippen molar-refractivity contribution in [2.75, 3.05) is 12.1 Å². The van der Waals surface area contributed by atoms with Gasteiger partial charge in [-0.25, -0.2) is 4.68 Å². The molecule has 2 heterocycles. The van der Waals surface area contributed by atoms with E-state index in [1.807, 2.05) is 38.1 Å². The summed E-state index contributed by atoms with van der Waals surface area (Å²) >= 11 is 0. The van der Waals surface area contributed by atoms with Crippen LogP contribution in [0.15, 0.2) is 53.3 Å². The van der Waals surface area contributed by atoms with Crippen LogP contribution < -0.4 is 20.3 Å². The highest BCUT2D eigenvalue weighted by molar-refractivity contribution is 5.90. The van der Waals surface area contributed by atoms with Gasteiger partial charge in [-0.1, -0.05) is 6.07 Å². The van der Waals surface area contributed by atoms with Gasteiger partial charge in [0, 0.05) is 17.3 Å². The van der Waals surface area contributed by atoms with Crippen LogP contribution in [0.2, 0.25) is 0 Å². The van der Waals surface area contributed by atoms with Crippen molar-refractivity contribution < 1.29 is 14.3 Å². The van der Waals surface area contributed by atoms with Crippen molar-refractivity contribution in [3.8, 4) is 22.8 Å². The molecule has 28 heavy (non-hydrogen) atoms. The molecule has 0 atom stereocenters. The van der Waals surface area contributed by atoms with E-state index in [2.05, 4.69) is 10.4 Å². The number of benzene rings is 2. The van der Waals surface area contributed by atoms with E-state index in [0.29, 0.717) is 22.9 Å². The van der Waals surface area contributed by atoms with Gasteiger partial charge in [-0.15, -0.1) is 0 Å². The quantitative estimate of drug-likeness (QED) is 0.756. The molecule has 0 bridgehead atoms. The van der Waals surface area contributed by atoms with E-state index in [1.165, 1.54) is 6.07 Å². The molecule has 4 rings (SSSR count). The Hall–Kier alpha value is -3.61. The molecule has 7 nitrogen and oxygen atoms in total. The van der Waals surface area contributed by atoms with Gasteiger partial charge in [0.25, 0.3) is 5.56 Å². The van der Waals surface area contributed by atoms with Crippen molar-refractivity contribution in [3.05, 3.63) is 70.0 Å². The van der Waals surface area contributed by atoms with Gasteiger partial charge in [-0.2, -0.15) is 5.10 Å². The lowest BCUT2D eigenvalue weighted by molar-refractivity contribution is -0.117. The zero-order valence-electron chi connectivity index (χ0n) is 15.6. The Balaban J connectivity index is 1.54. The zero-order chi connectivity index (χ0) is 19.7. The molecule has 0 aliphatic carbocycles. The molecule has 0 saturated carbocycles. The van der Waals surface area contributed by atoms with E-state index in [-0.39, 0.29) is 24.8 Å². The van der Waals surface area contributed by atoms with E-state index in [4.69, 9.17) is 9.47 Å². The number of nitrogens with zero attached hydrogens (tertiary/aromatic N) is 2. The Bertz CT molecular complexity index is 1120. The van der Waals surface area contributed by atoms with Crippen LogP contribution in [0.4, 0.5) is 5.69 Å². The van der Waals surface area contributed by atoms with Crippen molar-refractivity contribution in [2.24, 2.45) is 0 Å². The number of carbonyl (C=O) groups excluding carboxylic acids is 1. The summed E-state index contributed by atoms with van der Waals surface area (Å²) in [4.78, 5) is 24.5. The average Bonchev–Trinajstić information content (AvgIpc) is 3.14. The van der Waals surface area contributed by atoms with E-state index in [9.17, 15) is 9.59 Å². The summed E-state index contributed by atoms with van der Waals surface area (Å²) in [5.74, 6) is 0.982. The molecule has 1 aliphatic heterocycles. The summed E-state index contributed by atoms with van der Waals surface area (Å²) in [5.41, 5.74) is 3.91. The molecule has 0 saturated heterocycles. The first-order valence-electron chi connectivity index (χ1n) is 8.85. The van der Waals surface area contributed by atoms with Crippen molar-refractivity contribution in [1.29, 1.82) is 0 Å². The second-order valence-electron chi connectivity index (χ2n) is 6.63. The number of hydrogen-bond donors (Lipinski definition) is 1. The second kappa shape index (κ2) is 7.19. The average molecular weight is 377 g/mol. The maximum atomic E-state index is 12.4. The lowest BCUT2D eigenvalue weighted by Crippen LogP contribution is -2.29. The number of aryl methyl sites for hydroxylation is 2. The van der Waals surface area contributed by atoms with Crippen molar-refractivity contribution in [1.82, 2.24) is 9.78 Å². The Morgan fingerprint density at radius 2 is 1.86 bits per heavy atom. The van der Waals surface area contributed by atoms with Crippen molar-refractivity contribution in [2.45, 2.75) is 20.4 Å². The van der Waals surface area contributed by atoms with Crippen LogP contribution >= 0.6 is 0 Å². The maximum Gasteiger partial charge on any atom is 0.267 e. The van der Waals surface area contributed by atoms with Crippen LogP contribution in [-0.2, 0) is 11.3 Å². The minimum absolute atomic E-state index is 0.176. The largest absolute Gasteiger partial charge is 0.454 e. The Morgan fingerprint density at radius 1 is 1.04 bits per heavy atom. The standard InChI is InChI=1S/C21H19N3O4/c1-13-3-5-16(9-14(13)2)22-20(25)11-24-21(26)8-6-17(23-24)15-4-7-18-19(10-15)28-12-27-18/h3-10H,11-12H2,1-2H3,(H,22,25). The molecule has 1 aromatic heterocycles. The zero-order valence-corrected chi connectivity index (χ0v) is 15.6. The normalized spacial score (nSPS) is 12.1. The predicted octanol–water partition coefficient (Wildman–Crippen LogP) is 2.89. The topological polar surface area (TPSA) is 82.5 Å². The van der Waals surface area contributed by atoms with Gasteiger partial charge in [-0.05, 0) is 61.4 Å². The highest BCUT2D eigenvalue weighted by atomic mass is 16.7. The van der Waals surface area contributed by atoms with E-state index < -0.39 is 0 Å². The fourth-order valence-corrected chi connectivity index (χ4v) is 2.93. The molecule has 142 valence electrons. The molecule has 0 radical (unpaired) electrons. The van der Waals surface area contributed by atoms with Gasteiger partial charge in [0.15, 0.2) is 11.5 Å². The fraction of sp³-hybridized carbons (Fsp3) is 0.190. The van der Waals surface area contributed by atoms with Gasteiger partial charge in [-0.3, -0.25) is 9.59 Å². The molecule has 3 aromatic rings. The number of ether oxygens (including phenoxy) is 2. The highest BCUT2D eigenvalue weighted by Crippen LogP contribution is 2.35. The molecule has 2 aromatic carbocycles. The molecular weight excluding hydrogens is 358 g/mol. The molecule has 7 heteroatoms. The van der Waals surface area contributed by atoms with Crippen LogP contribution in [-0.4, -0.2) is 22.5 Å². The third-order valence-electron chi connectivity index (χ3n) is 4.62. The van der Waals surface area contributed by atoms with E-state index >= 15 is 0 Å². The Morgan fingerprint density at radius 3 is 2.68 bits per heavy atom. The lowest BCUT2D eigenvalue weighted by atomic mass is 10.1. The monoisotopic (exact) mass is 377 g/mol. The van der Waals surface area contributed by atoms with E-state index in [0.717, 1.165) is 21.4 Å². The van der Waals surface area contributed by atoms with Gasteiger partial charge in [0.1, 0.15) is 6.54 Å². The number of carbonyl (C=O) groups is 1. The SMILES string of the molecule is Cc1ccc(NC(=O)Cn2nc(-c3ccc4c(c3)OCO4)ccc2=O)cc1C. The van der Waals surface area contributed by atoms with Crippen LogP contribution in [0.25, 0.3) is 11.3 Å². The first kappa shape index (κ1) is 17.8. The molecule has 0 spiro atoms. The lowest BCUT2D eigenvalue weighted by Gasteiger charge is -2.10. The number of rotatable bonds is 4. The summed E-state index contributed by atoms with van der Waals surface area (Å²) in [5, 5.41) is 7.13. The number of amides is 1. The molecule has 0 fully saturated rings. The number of aromatic nitrogens is 2. The highest BCUT2D eigenvalue weighted by Gasteiger charge is 2.15. The Labute approximate surface area is 161 Å². The molecule has 1 amide bonds. The molecule has 1 aliphatic rings. The van der Waals surface area contributed by atoms with Crippen LogP contribution in [0.1, 0.15) is 11.1 Å². The van der Waals surface area contributed by atoms with Gasteiger partial charge < -0.3 is 14.8 Å². The van der Waals surface area contributed by atoms with Gasteiger partial charge in [0.05, 0.1) is 5.69 Å². The molecular formula is C21H19N3O4. The second-order valence-corrected chi connectivity index (χ2v) is 6.63. The number of fused-ring (bicyclic) bond motifs is 1. The van der Waals surface area contributed by atoms with E-state index in [1.54, 1.807) is 18.2 Å². The minimum atomic E-state index is -0.347. The maximum absolute atomic E-state index is 12.4. The van der Waals surface area contributed by atoms with Crippen molar-refractivity contribution >= 4 is 11.6 Å². The first-order valence-corrected chi connectivity index (χ1v) is 8.85. The number of hydrogen-bond acceptors (Lipinski definition) is 5. The fourth-order valence-electron chi connectivity index (χ4n) is 2.93. The molecule has 0 unspecified atom stereocenters. The molecule has 1 N–H and O–H groups in total. The van der Waals surface area contributed by atoms with Crippen LogP contribution in [0.3, 0.4) is 0 Å². The summed E-state index contributed by atoms with van der Waals surface area (Å²) < 4.78 is 11.8. The summed E-state index contributed by atoms with van der Waals surface area (Å²) in [6, 6.07) is 14.1. The van der Waals surface area contributed by atoms with Gasteiger partial charge >= 0.3 is 0 Å². The predicted molar refractivity (Wildman–Crippen MR) is 105 cm³/mol. The summed E-state index contributed by atoms with van der Waals surface area (Å²) in [7, 11) is 0. The third-order valence-corrected chi connectivity index (χ3v) is 4.62. The first-order chi connectivity index (χ1) is 13.5. The Kier molecular flexibility index (Phi) is 4.57. The summed E-state index contributed by atoms with van der Waals surface area (Å²) in [6.45, 7) is 3.99. The summed E-state index contributed by atoms with van der Waals surface area (Å²) in [6.07, 6.45) is 0. The number of nitrogens with one attached hydrogen (secondary N) is 1. The van der Waals surface area contributed by atoms with Gasteiger partial charge in [0.2, 0.25) is 12.7 Å². The van der Waals surface area contributed by atoms with Crippen LogP contribution in [0, 0.1) is 13.8 Å². The minimum Gasteiger partial charge on any atom is -0.454 e. The van der Waals surface area contributed by atoms with Crippen LogP contribution in [0.5, 0.6) is 11.5 Å². The third kappa shape index (κ3) is 3.59. The smallest absolute Gasteiger partial charge is 0.267 e. The number of anilines is 1.